The molecule has 0 unspecified atom stereocenters. The summed E-state index contributed by atoms with van der Waals surface area (Å²) in [5, 5.41) is 0.797. The molecule has 0 heterocycles. The summed E-state index contributed by atoms with van der Waals surface area (Å²) in [6.45, 7) is 4.35. The number of halogens is 2. The van der Waals surface area contributed by atoms with Gasteiger partial charge in [-0.25, -0.2) is 0 Å². The van der Waals surface area contributed by atoms with Crippen LogP contribution in [-0.4, -0.2) is 5.54 Å². The highest BCUT2D eigenvalue weighted by Gasteiger charge is 2.53. The maximum Gasteiger partial charge on any atom is 0.0455 e. The Kier molecular flexibility index (Phi) is 2.65. The van der Waals surface area contributed by atoms with E-state index < -0.39 is 0 Å². The minimum atomic E-state index is -0.0828. The van der Waals surface area contributed by atoms with Gasteiger partial charge in [-0.15, -0.1) is 0 Å². The SMILES string of the molecule is CC(C)(c1c(Cl)cccc1Br)C1(N)CC1. The minimum absolute atomic E-state index is 0.0792. The maximum absolute atomic E-state index is 6.31. The molecule has 2 N–H and O–H groups in total. The summed E-state index contributed by atoms with van der Waals surface area (Å²) in [6.07, 6.45) is 2.16. The fraction of sp³-hybridized carbons (Fsp3) is 0.500. The summed E-state index contributed by atoms with van der Waals surface area (Å²) in [6, 6.07) is 5.89. The van der Waals surface area contributed by atoms with Gasteiger partial charge >= 0.3 is 0 Å². The second-order valence-corrected chi connectivity index (χ2v) is 6.14. The molecule has 82 valence electrons. The summed E-state index contributed by atoms with van der Waals surface area (Å²) in [5.74, 6) is 0. The molecule has 3 heteroatoms. The van der Waals surface area contributed by atoms with Gasteiger partial charge in [-0.1, -0.05) is 47.4 Å². The Bertz CT molecular complexity index is 376. The molecule has 1 nitrogen and oxygen atoms in total. The lowest BCUT2D eigenvalue weighted by atomic mass is 9.76. The van der Waals surface area contributed by atoms with Crippen LogP contribution in [0.4, 0.5) is 0 Å². The largest absolute Gasteiger partial charge is 0.324 e. The molecule has 1 aromatic rings. The Labute approximate surface area is 104 Å². The van der Waals surface area contributed by atoms with Crippen LogP contribution in [0.25, 0.3) is 0 Å². The van der Waals surface area contributed by atoms with Crippen LogP contribution in [0.5, 0.6) is 0 Å². The van der Waals surface area contributed by atoms with E-state index in [4.69, 9.17) is 17.3 Å². The molecule has 0 amide bonds. The summed E-state index contributed by atoms with van der Waals surface area (Å²) in [5.41, 5.74) is 7.28. The molecule has 1 aromatic carbocycles. The molecule has 0 saturated heterocycles. The average molecular weight is 289 g/mol. The third-order valence-corrected chi connectivity index (χ3v) is 4.60. The molecule has 15 heavy (non-hydrogen) atoms. The van der Waals surface area contributed by atoms with Crippen LogP contribution >= 0.6 is 27.5 Å². The molecule has 0 spiro atoms. The molecule has 1 fully saturated rings. The molecule has 1 aliphatic carbocycles. The smallest absolute Gasteiger partial charge is 0.0455 e. The topological polar surface area (TPSA) is 26.0 Å². The van der Waals surface area contributed by atoms with Gasteiger partial charge in [-0.2, -0.15) is 0 Å². The van der Waals surface area contributed by atoms with Gasteiger partial charge in [0.25, 0.3) is 0 Å². The maximum atomic E-state index is 6.31. The number of rotatable bonds is 2. The number of benzene rings is 1. The van der Waals surface area contributed by atoms with E-state index in [1.807, 2.05) is 18.2 Å². The number of hydrogen-bond donors (Lipinski definition) is 1. The summed E-state index contributed by atoms with van der Waals surface area (Å²) in [4.78, 5) is 0. The molecule has 0 aromatic heterocycles. The lowest BCUT2D eigenvalue weighted by Gasteiger charge is -2.34. The van der Waals surface area contributed by atoms with Crippen LogP contribution in [0.15, 0.2) is 22.7 Å². The second kappa shape index (κ2) is 3.47. The zero-order valence-electron chi connectivity index (χ0n) is 8.98. The first-order chi connectivity index (χ1) is 6.88. The molecule has 0 bridgehead atoms. The van der Waals surface area contributed by atoms with E-state index in [2.05, 4.69) is 29.8 Å². The van der Waals surface area contributed by atoms with Crippen LogP contribution in [0.1, 0.15) is 32.3 Å². The van der Waals surface area contributed by atoms with Gasteiger partial charge in [-0.05, 0) is 30.5 Å². The van der Waals surface area contributed by atoms with E-state index >= 15 is 0 Å². The summed E-state index contributed by atoms with van der Waals surface area (Å²) < 4.78 is 1.05. The van der Waals surface area contributed by atoms with Crippen molar-refractivity contribution >= 4 is 27.5 Å². The van der Waals surface area contributed by atoms with Crippen molar-refractivity contribution in [3.05, 3.63) is 33.3 Å². The quantitative estimate of drug-likeness (QED) is 0.878. The zero-order valence-corrected chi connectivity index (χ0v) is 11.3. The number of nitrogens with two attached hydrogens (primary N) is 1. The predicted octanol–water partition coefficient (Wildman–Crippen LogP) is 3.87. The Morgan fingerprint density at radius 3 is 2.47 bits per heavy atom. The molecular formula is C12H15BrClN. The van der Waals surface area contributed by atoms with E-state index in [1.54, 1.807) is 0 Å². The Hall–Kier alpha value is -0.0500. The first-order valence-electron chi connectivity index (χ1n) is 5.12. The van der Waals surface area contributed by atoms with Crippen molar-refractivity contribution in [1.29, 1.82) is 0 Å². The van der Waals surface area contributed by atoms with Gasteiger partial charge in [0.15, 0.2) is 0 Å². The first-order valence-corrected chi connectivity index (χ1v) is 6.29. The van der Waals surface area contributed by atoms with Crippen LogP contribution in [0.2, 0.25) is 5.02 Å². The average Bonchev–Trinajstić information content (AvgIpc) is 2.84. The lowest BCUT2D eigenvalue weighted by Crippen LogP contribution is -2.43. The van der Waals surface area contributed by atoms with Crippen molar-refractivity contribution in [2.45, 2.75) is 37.6 Å². The van der Waals surface area contributed by atoms with Crippen molar-refractivity contribution in [2.24, 2.45) is 5.73 Å². The van der Waals surface area contributed by atoms with E-state index in [-0.39, 0.29) is 11.0 Å². The standard InChI is InChI=1S/C12H15BrClN/c1-11(2,12(15)6-7-12)10-8(13)4-3-5-9(10)14/h3-5H,6-7,15H2,1-2H3. The van der Waals surface area contributed by atoms with Crippen molar-refractivity contribution < 1.29 is 0 Å². The Morgan fingerprint density at radius 2 is 2.00 bits per heavy atom. The van der Waals surface area contributed by atoms with Gasteiger partial charge in [0.2, 0.25) is 0 Å². The molecule has 0 atom stereocenters. The molecule has 2 rings (SSSR count). The van der Waals surface area contributed by atoms with E-state index in [0.717, 1.165) is 27.9 Å². The Balaban J connectivity index is 2.53. The fourth-order valence-corrected chi connectivity index (χ4v) is 3.49. The summed E-state index contributed by atoms with van der Waals surface area (Å²) in [7, 11) is 0. The van der Waals surface area contributed by atoms with Crippen molar-refractivity contribution in [3.63, 3.8) is 0 Å². The lowest BCUT2D eigenvalue weighted by molar-refractivity contribution is 0.390. The fourth-order valence-electron chi connectivity index (χ4n) is 2.10. The number of hydrogen-bond acceptors (Lipinski definition) is 1. The van der Waals surface area contributed by atoms with E-state index in [0.29, 0.717) is 0 Å². The van der Waals surface area contributed by atoms with Gasteiger partial charge < -0.3 is 5.73 Å². The molecule has 1 aliphatic rings. The van der Waals surface area contributed by atoms with Crippen molar-refractivity contribution in [1.82, 2.24) is 0 Å². The zero-order chi connectivity index (χ0) is 11.3. The van der Waals surface area contributed by atoms with E-state index in [9.17, 15) is 0 Å². The first kappa shape index (κ1) is 11.4. The summed E-state index contributed by atoms with van der Waals surface area (Å²) >= 11 is 9.83. The van der Waals surface area contributed by atoms with Gasteiger partial charge in [0.05, 0.1) is 0 Å². The minimum Gasteiger partial charge on any atom is -0.324 e. The molecule has 0 aliphatic heterocycles. The van der Waals surface area contributed by atoms with Crippen molar-refractivity contribution in [2.75, 3.05) is 0 Å². The van der Waals surface area contributed by atoms with Gasteiger partial charge in [0, 0.05) is 20.4 Å². The Morgan fingerprint density at radius 1 is 1.40 bits per heavy atom. The highest BCUT2D eigenvalue weighted by atomic mass is 79.9. The predicted molar refractivity (Wildman–Crippen MR) is 68.3 cm³/mol. The van der Waals surface area contributed by atoms with Crippen LogP contribution in [-0.2, 0) is 5.41 Å². The highest BCUT2D eigenvalue weighted by Crippen LogP contribution is 2.52. The second-order valence-electron chi connectivity index (χ2n) is 4.88. The molecule has 0 radical (unpaired) electrons. The monoisotopic (exact) mass is 287 g/mol. The van der Waals surface area contributed by atoms with Gasteiger partial charge in [-0.3, -0.25) is 0 Å². The highest BCUT2D eigenvalue weighted by molar-refractivity contribution is 9.10. The van der Waals surface area contributed by atoms with Gasteiger partial charge in [0.1, 0.15) is 0 Å². The molecule has 1 saturated carbocycles. The third-order valence-electron chi connectivity index (χ3n) is 3.62. The van der Waals surface area contributed by atoms with Crippen molar-refractivity contribution in [3.8, 4) is 0 Å². The van der Waals surface area contributed by atoms with E-state index in [1.165, 1.54) is 0 Å². The van der Waals surface area contributed by atoms with Crippen LogP contribution in [0, 0.1) is 0 Å². The van der Waals surface area contributed by atoms with Crippen LogP contribution in [0.3, 0.4) is 0 Å². The van der Waals surface area contributed by atoms with Crippen LogP contribution < -0.4 is 5.73 Å². The molecular weight excluding hydrogens is 273 g/mol. The normalized spacial score (nSPS) is 19.0. The third kappa shape index (κ3) is 1.73.